The fraction of sp³-hybridized carbons (Fsp3) is 0.700. The second-order valence-corrected chi connectivity index (χ2v) is 7.55. The molecule has 1 aliphatic carbocycles. The number of fused-ring (bicyclic) bond motifs is 1. The maximum absolute atomic E-state index is 10.5. The van der Waals surface area contributed by atoms with Crippen LogP contribution in [0.4, 0.5) is 0 Å². The Morgan fingerprint density at radius 1 is 1.13 bits per heavy atom. The number of rotatable bonds is 0. The summed E-state index contributed by atoms with van der Waals surface area (Å²) in [6, 6.07) is 0. The first-order valence-electron chi connectivity index (χ1n) is 8.83. The van der Waals surface area contributed by atoms with Crippen LogP contribution in [-0.4, -0.2) is 34.6 Å². The van der Waals surface area contributed by atoms with Gasteiger partial charge in [-0.25, -0.2) is 0 Å². The van der Waals surface area contributed by atoms with Crippen LogP contribution in [0.25, 0.3) is 0 Å². The first kappa shape index (κ1) is 18.4. The van der Waals surface area contributed by atoms with E-state index < -0.39 is 11.7 Å². The highest BCUT2D eigenvalue weighted by atomic mass is 16.5. The molecule has 0 saturated heterocycles. The first-order chi connectivity index (χ1) is 10.8. The molecule has 130 valence electrons. The second kappa shape index (κ2) is 7.78. The van der Waals surface area contributed by atoms with E-state index >= 15 is 0 Å². The lowest BCUT2D eigenvalue weighted by atomic mass is 9.88. The van der Waals surface area contributed by atoms with E-state index in [0.717, 1.165) is 32.3 Å². The summed E-state index contributed by atoms with van der Waals surface area (Å²) >= 11 is 0. The summed E-state index contributed by atoms with van der Waals surface area (Å²) < 4.78 is 5.92. The number of hydrogen-bond donors (Lipinski definition) is 2. The molecule has 1 heterocycles. The minimum absolute atomic E-state index is 0.0865. The van der Waals surface area contributed by atoms with Crippen LogP contribution in [0.2, 0.25) is 0 Å². The zero-order chi connectivity index (χ0) is 17.0. The summed E-state index contributed by atoms with van der Waals surface area (Å²) in [6.07, 6.45) is 8.65. The molecule has 0 aromatic rings. The molecule has 2 rings (SSSR count). The molecule has 0 aromatic carbocycles. The lowest BCUT2D eigenvalue weighted by Gasteiger charge is -2.29. The van der Waals surface area contributed by atoms with Crippen molar-refractivity contribution in [3.8, 4) is 0 Å². The molecule has 1 aliphatic heterocycles. The van der Waals surface area contributed by atoms with Crippen molar-refractivity contribution in [2.45, 2.75) is 84.0 Å². The average molecular weight is 320 g/mol. The highest BCUT2D eigenvalue weighted by Gasteiger charge is 2.29. The molecule has 0 fully saturated rings. The predicted molar refractivity (Wildman–Crippen MR) is 94.3 cm³/mol. The van der Waals surface area contributed by atoms with Crippen molar-refractivity contribution < 1.29 is 14.9 Å². The molecular formula is C20H32O3. The van der Waals surface area contributed by atoms with Gasteiger partial charge in [0.1, 0.15) is 0 Å². The summed E-state index contributed by atoms with van der Waals surface area (Å²) in [6.45, 7) is 8.88. The van der Waals surface area contributed by atoms with E-state index in [9.17, 15) is 10.2 Å². The van der Waals surface area contributed by atoms with E-state index in [1.807, 2.05) is 0 Å². The van der Waals surface area contributed by atoms with Crippen LogP contribution in [0, 0.1) is 0 Å². The largest absolute Gasteiger partial charge is 0.390 e. The molecule has 2 N–H and O–H groups in total. The average Bonchev–Trinajstić information content (AvgIpc) is 2.82. The maximum atomic E-state index is 10.5. The van der Waals surface area contributed by atoms with Gasteiger partial charge >= 0.3 is 0 Å². The molecule has 0 saturated carbocycles. The fourth-order valence-corrected chi connectivity index (χ4v) is 3.38. The standard InChI is InChI=1S/C20H32O3/c1-14-6-5-11-20(4,22)19(21)10-8-15(2)12-18-17(9-7-14)16(3)13-23-18/h6,12,18-19,21-22H,5,7-11,13H2,1-4H3/b14-6+,15-12+/t18-,19?,20-/m0/s1. The van der Waals surface area contributed by atoms with Gasteiger partial charge in [-0.1, -0.05) is 23.3 Å². The van der Waals surface area contributed by atoms with Crippen LogP contribution in [0.3, 0.4) is 0 Å². The number of aliphatic hydroxyl groups excluding tert-OH is 1. The third-order valence-corrected chi connectivity index (χ3v) is 5.27. The number of allylic oxidation sites excluding steroid dienone is 3. The Morgan fingerprint density at radius 2 is 1.87 bits per heavy atom. The van der Waals surface area contributed by atoms with Crippen molar-refractivity contribution in [2.24, 2.45) is 0 Å². The van der Waals surface area contributed by atoms with E-state index in [1.165, 1.54) is 22.3 Å². The summed E-state index contributed by atoms with van der Waals surface area (Å²) in [5.74, 6) is 0. The van der Waals surface area contributed by atoms with Crippen molar-refractivity contribution in [1.82, 2.24) is 0 Å². The van der Waals surface area contributed by atoms with Crippen molar-refractivity contribution in [3.05, 3.63) is 34.4 Å². The number of hydrogen-bond acceptors (Lipinski definition) is 3. The van der Waals surface area contributed by atoms with Gasteiger partial charge in [-0.3, -0.25) is 0 Å². The molecule has 0 radical (unpaired) electrons. The van der Waals surface area contributed by atoms with Gasteiger partial charge in [0.2, 0.25) is 0 Å². The van der Waals surface area contributed by atoms with Gasteiger partial charge in [-0.05, 0) is 77.4 Å². The summed E-state index contributed by atoms with van der Waals surface area (Å²) in [4.78, 5) is 0. The Bertz CT molecular complexity index is 511. The van der Waals surface area contributed by atoms with Crippen molar-refractivity contribution in [1.29, 1.82) is 0 Å². The van der Waals surface area contributed by atoms with Crippen LogP contribution in [0.15, 0.2) is 34.4 Å². The molecule has 3 heteroatoms. The SMILES string of the molecule is CC1=C2CC/C(C)=C/CC[C@](C)(O)C(O)CC/C(C)=C/[C@@H]2OC1. The molecule has 0 amide bonds. The Morgan fingerprint density at radius 3 is 2.61 bits per heavy atom. The van der Waals surface area contributed by atoms with Crippen molar-refractivity contribution >= 4 is 0 Å². The Labute approximate surface area is 140 Å². The third kappa shape index (κ3) is 5.03. The van der Waals surface area contributed by atoms with Gasteiger partial charge < -0.3 is 14.9 Å². The van der Waals surface area contributed by atoms with Crippen LogP contribution < -0.4 is 0 Å². The molecular weight excluding hydrogens is 288 g/mol. The molecule has 0 spiro atoms. The van der Waals surface area contributed by atoms with Crippen molar-refractivity contribution in [2.75, 3.05) is 6.61 Å². The minimum Gasteiger partial charge on any atom is -0.390 e. The van der Waals surface area contributed by atoms with Crippen molar-refractivity contribution in [3.63, 3.8) is 0 Å². The Balaban J connectivity index is 2.20. The monoisotopic (exact) mass is 320 g/mol. The topological polar surface area (TPSA) is 49.7 Å². The van der Waals surface area contributed by atoms with Crippen LogP contribution >= 0.6 is 0 Å². The lowest BCUT2D eigenvalue weighted by molar-refractivity contribution is -0.0691. The number of ether oxygens (including phenoxy) is 1. The summed E-state index contributed by atoms with van der Waals surface area (Å²) in [5, 5.41) is 20.8. The van der Waals surface area contributed by atoms with E-state index in [2.05, 4.69) is 32.9 Å². The Hall–Kier alpha value is -0.900. The predicted octanol–water partition coefficient (Wildman–Crippen LogP) is 4.06. The van der Waals surface area contributed by atoms with E-state index in [-0.39, 0.29) is 6.10 Å². The van der Waals surface area contributed by atoms with Gasteiger partial charge in [0, 0.05) is 0 Å². The molecule has 1 unspecified atom stereocenters. The fourth-order valence-electron chi connectivity index (χ4n) is 3.38. The van der Waals surface area contributed by atoms with Gasteiger partial charge in [-0.2, -0.15) is 0 Å². The van der Waals surface area contributed by atoms with E-state index in [0.29, 0.717) is 12.8 Å². The highest BCUT2D eigenvalue weighted by Crippen LogP contribution is 2.30. The van der Waals surface area contributed by atoms with Gasteiger partial charge in [0.05, 0.1) is 24.4 Å². The zero-order valence-corrected chi connectivity index (χ0v) is 15.1. The quantitative estimate of drug-likeness (QED) is 0.662. The normalized spacial score (nSPS) is 39.0. The lowest BCUT2D eigenvalue weighted by Crippen LogP contribution is -2.39. The number of aliphatic hydroxyl groups is 2. The zero-order valence-electron chi connectivity index (χ0n) is 15.1. The Kier molecular flexibility index (Phi) is 6.24. The van der Waals surface area contributed by atoms with Gasteiger partial charge in [-0.15, -0.1) is 0 Å². The molecule has 3 nitrogen and oxygen atoms in total. The van der Waals surface area contributed by atoms with Crippen LogP contribution in [-0.2, 0) is 4.74 Å². The smallest absolute Gasteiger partial charge is 0.0977 e. The third-order valence-electron chi connectivity index (χ3n) is 5.27. The minimum atomic E-state index is -1.02. The van der Waals surface area contributed by atoms with E-state index in [1.54, 1.807) is 6.92 Å². The second-order valence-electron chi connectivity index (χ2n) is 7.55. The summed E-state index contributed by atoms with van der Waals surface area (Å²) in [5.41, 5.74) is 4.33. The molecule has 23 heavy (non-hydrogen) atoms. The molecule has 0 bridgehead atoms. The first-order valence-corrected chi connectivity index (χ1v) is 8.83. The maximum Gasteiger partial charge on any atom is 0.0977 e. The van der Waals surface area contributed by atoms with E-state index in [4.69, 9.17) is 4.74 Å². The summed E-state index contributed by atoms with van der Waals surface area (Å²) in [7, 11) is 0. The van der Waals surface area contributed by atoms with Crippen LogP contribution in [0.1, 0.15) is 66.2 Å². The van der Waals surface area contributed by atoms with Gasteiger partial charge in [0.15, 0.2) is 0 Å². The molecule has 2 aliphatic rings. The molecule has 0 aromatic heterocycles. The molecule has 3 atom stereocenters. The van der Waals surface area contributed by atoms with Gasteiger partial charge in [0.25, 0.3) is 0 Å². The van der Waals surface area contributed by atoms with Crippen LogP contribution in [0.5, 0.6) is 0 Å². The highest BCUT2D eigenvalue weighted by molar-refractivity contribution is 5.28.